The van der Waals surface area contributed by atoms with Crippen molar-refractivity contribution in [1.29, 1.82) is 0 Å². The quantitative estimate of drug-likeness (QED) is 0.910. The van der Waals surface area contributed by atoms with Crippen molar-refractivity contribution in [3.63, 3.8) is 0 Å². The number of rotatable bonds is 3. The van der Waals surface area contributed by atoms with Crippen molar-refractivity contribution < 1.29 is 4.79 Å². The molecule has 6 nitrogen and oxygen atoms in total. The largest absolute Gasteiger partial charge is 0.350 e. The van der Waals surface area contributed by atoms with Crippen molar-refractivity contribution in [2.75, 3.05) is 20.1 Å². The van der Waals surface area contributed by atoms with Crippen LogP contribution in [0.5, 0.6) is 0 Å². The van der Waals surface area contributed by atoms with Gasteiger partial charge in [0, 0.05) is 43.7 Å². The van der Waals surface area contributed by atoms with Gasteiger partial charge in [-0.1, -0.05) is 0 Å². The van der Waals surface area contributed by atoms with Gasteiger partial charge in [-0.05, 0) is 13.1 Å². The standard InChI is InChI=1S/C13H17N5OS/c1-17-5-10(6-18-11(7-17)2-3-16-18)4-14-13(19)12-8-20-9-15-12/h2-3,8-10H,4-7H2,1H3,(H,14,19)/t10-/m0/s1. The zero-order valence-electron chi connectivity index (χ0n) is 11.3. The maximum absolute atomic E-state index is 11.9. The molecule has 2 aromatic heterocycles. The molecular weight excluding hydrogens is 274 g/mol. The van der Waals surface area contributed by atoms with Crippen LogP contribution in [0.3, 0.4) is 0 Å². The van der Waals surface area contributed by atoms with Gasteiger partial charge < -0.3 is 10.2 Å². The predicted octanol–water partition coefficient (Wildman–Crippen LogP) is 0.831. The van der Waals surface area contributed by atoms with Crippen LogP contribution in [0.2, 0.25) is 0 Å². The first kappa shape index (κ1) is 13.3. The number of nitrogens with zero attached hydrogens (tertiary/aromatic N) is 4. The second-order valence-corrected chi connectivity index (χ2v) is 5.87. The van der Waals surface area contributed by atoms with Crippen LogP contribution in [0.25, 0.3) is 0 Å². The molecule has 106 valence electrons. The van der Waals surface area contributed by atoms with Gasteiger partial charge in [0.15, 0.2) is 0 Å². The average molecular weight is 291 g/mol. The highest BCUT2D eigenvalue weighted by atomic mass is 32.1. The fraction of sp³-hybridized carbons (Fsp3) is 0.462. The fourth-order valence-corrected chi connectivity index (χ4v) is 3.06. The normalized spacial score (nSPS) is 19.4. The molecule has 20 heavy (non-hydrogen) atoms. The third kappa shape index (κ3) is 2.88. The van der Waals surface area contributed by atoms with Crippen molar-refractivity contribution in [2.24, 2.45) is 5.92 Å². The van der Waals surface area contributed by atoms with Crippen molar-refractivity contribution >= 4 is 17.2 Å². The predicted molar refractivity (Wildman–Crippen MR) is 76.5 cm³/mol. The summed E-state index contributed by atoms with van der Waals surface area (Å²) in [5.74, 6) is 0.252. The molecule has 3 rings (SSSR count). The SMILES string of the molecule is CN1Cc2ccnn2C[C@@H](CNC(=O)c2cscn2)C1. The molecule has 0 aromatic carbocycles. The van der Waals surface area contributed by atoms with E-state index in [1.165, 1.54) is 17.0 Å². The molecular formula is C13H17N5OS. The topological polar surface area (TPSA) is 63.1 Å². The highest BCUT2D eigenvalue weighted by Gasteiger charge is 2.21. The molecule has 0 saturated heterocycles. The Balaban J connectivity index is 1.61. The number of hydrogen-bond acceptors (Lipinski definition) is 5. The lowest BCUT2D eigenvalue weighted by molar-refractivity contribution is 0.0938. The highest BCUT2D eigenvalue weighted by Crippen LogP contribution is 2.14. The molecule has 0 saturated carbocycles. The molecule has 0 aliphatic carbocycles. The summed E-state index contributed by atoms with van der Waals surface area (Å²) in [6, 6.07) is 2.05. The third-order valence-electron chi connectivity index (χ3n) is 3.45. The molecule has 1 atom stereocenters. The number of carbonyl (C=O) groups is 1. The van der Waals surface area contributed by atoms with Crippen molar-refractivity contribution in [2.45, 2.75) is 13.1 Å². The van der Waals surface area contributed by atoms with Gasteiger partial charge in [0.2, 0.25) is 0 Å². The van der Waals surface area contributed by atoms with Crippen LogP contribution < -0.4 is 5.32 Å². The van der Waals surface area contributed by atoms with Gasteiger partial charge in [-0.25, -0.2) is 4.98 Å². The summed E-state index contributed by atoms with van der Waals surface area (Å²) in [5.41, 5.74) is 3.39. The first-order valence-electron chi connectivity index (χ1n) is 6.58. The number of amides is 1. The van der Waals surface area contributed by atoms with Crippen molar-refractivity contribution in [1.82, 2.24) is 25.0 Å². The summed E-state index contributed by atoms with van der Waals surface area (Å²) >= 11 is 1.43. The number of fused-ring (bicyclic) bond motifs is 1. The van der Waals surface area contributed by atoms with Crippen LogP contribution in [0.4, 0.5) is 0 Å². The van der Waals surface area contributed by atoms with Crippen LogP contribution in [0.15, 0.2) is 23.2 Å². The van der Waals surface area contributed by atoms with E-state index in [9.17, 15) is 4.79 Å². The van der Waals surface area contributed by atoms with E-state index in [0.717, 1.165) is 19.6 Å². The van der Waals surface area contributed by atoms with E-state index < -0.39 is 0 Å². The minimum absolute atomic E-state index is 0.0983. The number of aromatic nitrogens is 3. The number of nitrogens with one attached hydrogen (secondary N) is 1. The Morgan fingerprint density at radius 1 is 1.55 bits per heavy atom. The molecule has 7 heteroatoms. The first-order valence-corrected chi connectivity index (χ1v) is 7.52. The van der Waals surface area contributed by atoms with E-state index in [2.05, 4.69) is 27.3 Å². The van der Waals surface area contributed by atoms with E-state index in [4.69, 9.17) is 0 Å². The molecule has 1 amide bonds. The molecule has 1 aliphatic heterocycles. The maximum atomic E-state index is 11.9. The van der Waals surface area contributed by atoms with Gasteiger partial charge in [-0.2, -0.15) is 5.10 Å². The Morgan fingerprint density at radius 2 is 2.45 bits per heavy atom. The van der Waals surface area contributed by atoms with E-state index in [-0.39, 0.29) is 5.91 Å². The molecule has 1 N–H and O–H groups in total. The second kappa shape index (κ2) is 5.72. The fourth-order valence-electron chi connectivity index (χ4n) is 2.52. The van der Waals surface area contributed by atoms with Gasteiger partial charge in [0.25, 0.3) is 5.91 Å². The third-order valence-corrected chi connectivity index (χ3v) is 4.04. The van der Waals surface area contributed by atoms with Gasteiger partial charge in [-0.15, -0.1) is 11.3 Å². The second-order valence-electron chi connectivity index (χ2n) is 5.15. The average Bonchev–Trinajstić information content (AvgIpc) is 3.06. The van der Waals surface area contributed by atoms with Gasteiger partial charge in [-0.3, -0.25) is 9.48 Å². The lowest BCUT2D eigenvalue weighted by Gasteiger charge is -2.19. The minimum atomic E-state index is -0.0983. The van der Waals surface area contributed by atoms with Gasteiger partial charge in [0.05, 0.1) is 11.2 Å². The molecule has 2 aromatic rings. The summed E-state index contributed by atoms with van der Waals surface area (Å²) in [6.45, 7) is 3.32. The summed E-state index contributed by atoms with van der Waals surface area (Å²) in [7, 11) is 2.10. The summed E-state index contributed by atoms with van der Waals surface area (Å²) in [5, 5.41) is 9.07. The molecule has 1 aliphatic rings. The molecule has 0 radical (unpaired) electrons. The Labute approximate surface area is 121 Å². The van der Waals surface area contributed by atoms with E-state index in [0.29, 0.717) is 18.2 Å². The zero-order valence-corrected chi connectivity index (χ0v) is 12.1. The van der Waals surface area contributed by atoms with E-state index in [1.807, 2.05) is 16.9 Å². The van der Waals surface area contributed by atoms with Crippen molar-refractivity contribution in [3.8, 4) is 0 Å². The smallest absolute Gasteiger partial charge is 0.270 e. The van der Waals surface area contributed by atoms with Gasteiger partial charge >= 0.3 is 0 Å². The Kier molecular flexibility index (Phi) is 3.79. The number of thiazole rings is 1. The molecule has 0 bridgehead atoms. The lowest BCUT2D eigenvalue weighted by Crippen LogP contribution is -2.35. The van der Waals surface area contributed by atoms with Crippen LogP contribution in [0, 0.1) is 5.92 Å². The number of carbonyl (C=O) groups excluding carboxylic acids is 1. The lowest BCUT2D eigenvalue weighted by atomic mass is 10.1. The molecule has 0 fully saturated rings. The number of hydrogen-bond donors (Lipinski definition) is 1. The van der Waals surface area contributed by atoms with Crippen molar-refractivity contribution in [3.05, 3.63) is 34.5 Å². The maximum Gasteiger partial charge on any atom is 0.270 e. The van der Waals surface area contributed by atoms with Crippen LogP contribution in [-0.2, 0) is 13.1 Å². The monoisotopic (exact) mass is 291 g/mol. The van der Waals surface area contributed by atoms with E-state index in [1.54, 1.807) is 10.9 Å². The van der Waals surface area contributed by atoms with Crippen LogP contribution >= 0.6 is 11.3 Å². The first-order chi connectivity index (χ1) is 9.72. The Hall–Kier alpha value is -1.73. The molecule has 0 spiro atoms. The summed E-state index contributed by atoms with van der Waals surface area (Å²) < 4.78 is 2.03. The summed E-state index contributed by atoms with van der Waals surface area (Å²) in [6.07, 6.45) is 1.83. The van der Waals surface area contributed by atoms with E-state index >= 15 is 0 Å². The van der Waals surface area contributed by atoms with Crippen LogP contribution in [-0.4, -0.2) is 45.7 Å². The Morgan fingerprint density at radius 3 is 3.25 bits per heavy atom. The zero-order chi connectivity index (χ0) is 13.9. The van der Waals surface area contributed by atoms with Crippen LogP contribution in [0.1, 0.15) is 16.2 Å². The molecule has 0 unspecified atom stereocenters. The Bertz CT molecular complexity index is 579. The van der Waals surface area contributed by atoms with Gasteiger partial charge in [0.1, 0.15) is 5.69 Å². The molecule has 3 heterocycles. The highest BCUT2D eigenvalue weighted by molar-refractivity contribution is 7.07. The minimum Gasteiger partial charge on any atom is -0.350 e. The summed E-state index contributed by atoms with van der Waals surface area (Å²) in [4.78, 5) is 18.2.